The van der Waals surface area contributed by atoms with Gasteiger partial charge in [-0.15, -0.1) is 13.2 Å². The van der Waals surface area contributed by atoms with Crippen molar-refractivity contribution < 1.29 is 27.1 Å². The van der Waals surface area contributed by atoms with Crippen LogP contribution in [0.15, 0.2) is 42.5 Å². The maximum atomic E-state index is 13.1. The van der Waals surface area contributed by atoms with E-state index in [1.165, 1.54) is 18.2 Å². The first-order valence-electron chi connectivity index (χ1n) is 5.72. The summed E-state index contributed by atoms with van der Waals surface area (Å²) < 4.78 is 53.5. The SMILES string of the molecule is NC(=O)c1cc(F)ccc1-c1cccc(OC(F)(F)F)c1. The molecule has 0 aliphatic heterocycles. The highest BCUT2D eigenvalue weighted by atomic mass is 19.4. The van der Waals surface area contributed by atoms with E-state index in [4.69, 9.17) is 5.73 Å². The first kappa shape index (κ1) is 14.8. The van der Waals surface area contributed by atoms with Gasteiger partial charge in [-0.1, -0.05) is 18.2 Å². The highest BCUT2D eigenvalue weighted by Gasteiger charge is 2.31. The second kappa shape index (κ2) is 5.43. The van der Waals surface area contributed by atoms with Crippen molar-refractivity contribution in [2.45, 2.75) is 6.36 Å². The van der Waals surface area contributed by atoms with E-state index in [1.54, 1.807) is 0 Å². The second-order valence-corrected chi connectivity index (χ2v) is 4.13. The van der Waals surface area contributed by atoms with Crippen LogP contribution < -0.4 is 10.5 Å². The van der Waals surface area contributed by atoms with Crippen molar-refractivity contribution in [2.75, 3.05) is 0 Å². The van der Waals surface area contributed by atoms with Gasteiger partial charge in [-0.3, -0.25) is 4.79 Å². The standard InChI is InChI=1S/C14H9F4NO2/c15-9-4-5-11(12(7-9)13(19)20)8-2-1-3-10(6-8)21-14(16,17)18/h1-7H,(H2,19,20). The molecule has 0 fully saturated rings. The van der Waals surface area contributed by atoms with Gasteiger partial charge in [0.2, 0.25) is 5.91 Å². The molecule has 0 aromatic heterocycles. The van der Waals surface area contributed by atoms with Gasteiger partial charge in [-0.25, -0.2) is 4.39 Å². The van der Waals surface area contributed by atoms with Crippen LogP contribution in [0.2, 0.25) is 0 Å². The lowest BCUT2D eigenvalue weighted by Gasteiger charge is -2.11. The average Bonchev–Trinajstić information content (AvgIpc) is 2.36. The van der Waals surface area contributed by atoms with E-state index < -0.39 is 23.8 Å². The zero-order valence-electron chi connectivity index (χ0n) is 10.4. The largest absolute Gasteiger partial charge is 0.573 e. The molecule has 110 valence electrons. The van der Waals surface area contributed by atoms with Gasteiger partial charge >= 0.3 is 6.36 Å². The molecule has 7 heteroatoms. The third-order valence-electron chi connectivity index (χ3n) is 2.63. The smallest absolute Gasteiger partial charge is 0.406 e. The van der Waals surface area contributed by atoms with Gasteiger partial charge in [0.05, 0.1) is 0 Å². The molecule has 0 heterocycles. The van der Waals surface area contributed by atoms with Gasteiger partial charge in [0.15, 0.2) is 0 Å². The summed E-state index contributed by atoms with van der Waals surface area (Å²) in [6, 6.07) is 8.27. The highest BCUT2D eigenvalue weighted by Crippen LogP contribution is 2.30. The van der Waals surface area contributed by atoms with Crippen LogP contribution in [0.25, 0.3) is 11.1 Å². The number of benzene rings is 2. The molecular formula is C14H9F4NO2. The minimum atomic E-state index is -4.83. The maximum Gasteiger partial charge on any atom is 0.573 e. The number of carbonyl (C=O) groups excluding carboxylic acids is 1. The maximum absolute atomic E-state index is 13.1. The van der Waals surface area contributed by atoms with Crippen molar-refractivity contribution in [1.82, 2.24) is 0 Å². The van der Waals surface area contributed by atoms with Gasteiger partial charge in [-0.2, -0.15) is 0 Å². The zero-order valence-corrected chi connectivity index (χ0v) is 10.4. The molecule has 0 saturated heterocycles. The Morgan fingerprint density at radius 2 is 1.81 bits per heavy atom. The predicted octanol–water partition coefficient (Wildman–Crippen LogP) is 3.49. The number of nitrogens with two attached hydrogens (primary N) is 1. The van der Waals surface area contributed by atoms with Crippen LogP contribution in [0.4, 0.5) is 17.6 Å². The summed E-state index contributed by atoms with van der Waals surface area (Å²) in [5.41, 5.74) is 5.49. The molecule has 0 aliphatic carbocycles. The van der Waals surface area contributed by atoms with Crippen molar-refractivity contribution in [3.8, 4) is 16.9 Å². The van der Waals surface area contributed by atoms with Crippen LogP contribution >= 0.6 is 0 Å². The van der Waals surface area contributed by atoms with Gasteiger partial charge in [0, 0.05) is 5.56 Å². The number of rotatable bonds is 3. The van der Waals surface area contributed by atoms with Crippen LogP contribution in [0.3, 0.4) is 0 Å². The average molecular weight is 299 g/mol. The predicted molar refractivity (Wildman–Crippen MR) is 67.0 cm³/mol. The molecule has 0 aliphatic rings. The summed E-state index contributed by atoms with van der Waals surface area (Å²) in [5.74, 6) is -2.00. The Morgan fingerprint density at radius 3 is 2.43 bits per heavy atom. The number of primary amides is 1. The molecule has 0 bridgehead atoms. The Bertz CT molecular complexity index is 683. The molecule has 2 N–H and O–H groups in total. The van der Waals surface area contributed by atoms with Crippen LogP contribution in [0.1, 0.15) is 10.4 Å². The first-order valence-corrected chi connectivity index (χ1v) is 5.72. The summed E-state index contributed by atoms with van der Waals surface area (Å²) in [6.07, 6.45) is -4.83. The van der Waals surface area contributed by atoms with Crippen molar-refractivity contribution in [3.05, 3.63) is 53.8 Å². The Labute approximate surface area is 116 Å². The molecule has 0 radical (unpaired) electrons. The van der Waals surface area contributed by atoms with Gasteiger partial charge in [0.25, 0.3) is 0 Å². The van der Waals surface area contributed by atoms with Crippen LogP contribution in [-0.2, 0) is 0 Å². The Morgan fingerprint density at radius 1 is 1.10 bits per heavy atom. The summed E-state index contributed by atoms with van der Waals surface area (Å²) in [4.78, 5) is 11.3. The molecule has 0 atom stereocenters. The number of ether oxygens (including phenoxy) is 1. The fourth-order valence-electron chi connectivity index (χ4n) is 1.83. The Balaban J connectivity index is 2.48. The molecular weight excluding hydrogens is 290 g/mol. The lowest BCUT2D eigenvalue weighted by atomic mass is 9.99. The lowest BCUT2D eigenvalue weighted by Crippen LogP contribution is -2.17. The normalized spacial score (nSPS) is 11.2. The molecule has 2 rings (SSSR count). The van der Waals surface area contributed by atoms with Gasteiger partial charge < -0.3 is 10.5 Å². The fourth-order valence-corrected chi connectivity index (χ4v) is 1.83. The van der Waals surface area contributed by atoms with E-state index in [1.807, 2.05) is 0 Å². The van der Waals surface area contributed by atoms with E-state index in [0.29, 0.717) is 0 Å². The van der Waals surface area contributed by atoms with E-state index in [9.17, 15) is 22.4 Å². The molecule has 0 spiro atoms. The highest BCUT2D eigenvalue weighted by molar-refractivity contribution is 5.99. The third kappa shape index (κ3) is 3.71. The van der Waals surface area contributed by atoms with E-state index in [2.05, 4.69) is 4.74 Å². The van der Waals surface area contributed by atoms with Crippen molar-refractivity contribution in [1.29, 1.82) is 0 Å². The number of alkyl halides is 3. The first-order chi connectivity index (χ1) is 9.76. The van der Waals surface area contributed by atoms with E-state index in [-0.39, 0.29) is 16.7 Å². The van der Waals surface area contributed by atoms with Crippen LogP contribution in [-0.4, -0.2) is 12.3 Å². The summed E-state index contributed by atoms with van der Waals surface area (Å²) in [6.45, 7) is 0. The number of halogens is 4. The summed E-state index contributed by atoms with van der Waals surface area (Å²) >= 11 is 0. The summed E-state index contributed by atoms with van der Waals surface area (Å²) in [7, 11) is 0. The van der Waals surface area contributed by atoms with Gasteiger partial charge in [-0.05, 0) is 35.4 Å². The van der Waals surface area contributed by atoms with Gasteiger partial charge in [0.1, 0.15) is 11.6 Å². The molecule has 0 saturated carbocycles. The van der Waals surface area contributed by atoms with Crippen molar-refractivity contribution in [2.24, 2.45) is 5.73 Å². The third-order valence-corrected chi connectivity index (χ3v) is 2.63. The second-order valence-electron chi connectivity index (χ2n) is 4.13. The number of hydrogen-bond acceptors (Lipinski definition) is 2. The van der Waals surface area contributed by atoms with Crippen LogP contribution in [0.5, 0.6) is 5.75 Å². The molecule has 21 heavy (non-hydrogen) atoms. The fraction of sp³-hybridized carbons (Fsp3) is 0.0714. The molecule has 1 amide bonds. The topological polar surface area (TPSA) is 52.3 Å². The van der Waals surface area contributed by atoms with E-state index in [0.717, 1.165) is 24.3 Å². The number of carbonyl (C=O) groups is 1. The van der Waals surface area contributed by atoms with Crippen LogP contribution in [0, 0.1) is 5.82 Å². The molecule has 2 aromatic rings. The zero-order chi connectivity index (χ0) is 15.6. The lowest BCUT2D eigenvalue weighted by molar-refractivity contribution is -0.274. The Kier molecular flexibility index (Phi) is 3.84. The minimum absolute atomic E-state index is 0.126. The Hall–Kier alpha value is -2.57. The summed E-state index contributed by atoms with van der Waals surface area (Å²) in [5, 5.41) is 0. The number of hydrogen-bond donors (Lipinski definition) is 1. The monoisotopic (exact) mass is 299 g/mol. The molecule has 3 nitrogen and oxygen atoms in total. The van der Waals surface area contributed by atoms with E-state index >= 15 is 0 Å². The number of amides is 1. The molecule has 2 aromatic carbocycles. The molecule has 0 unspecified atom stereocenters. The quantitative estimate of drug-likeness (QED) is 0.882. The minimum Gasteiger partial charge on any atom is -0.406 e. The van der Waals surface area contributed by atoms with Crippen molar-refractivity contribution in [3.63, 3.8) is 0 Å². The van der Waals surface area contributed by atoms with Crippen molar-refractivity contribution >= 4 is 5.91 Å².